The van der Waals surface area contributed by atoms with Gasteiger partial charge in [-0.3, -0.25) is 4.79 Å². The van der Waals surface area contributed by atoms with Crippen molar-refractivity contribution in [1.82, 2.24) is 15.1 Å². The Morgan fingerprint density at radius 1 is 1.17 bits per heavy atom. The van der Waals surface area contributed by atoms with E-state index in [0.717, 1.165) is 19.4 Å². The van der Waals surface area contributed by atoms with Crippen LogP contribution in [0.1, 0.15) is 46.0 Å². The first-order chi connectivity index (χ1) is 11.2. The van der Waals surface area contributed by atoms with Crippen LogP contribution in [0.15, 0.2) is 0 Å². The van der Waals surface area contributed by atoms with E-state index in [-0.39, 0.29) is 11.9 Å². The van der Waals surface area contributed by atoms with Crippen LogP contribution in [0.4, 0.5) is 18.0 Å². The zero-order valence-corrected chi connectivity index (χ0v) is 14.2. The molecular weight excluding hydrogens is 323 g/mol. The molecule has 0 radical (unpaired) electrons. The summed E-state index contributed by atoms with van der Waals surface area (Å²) >= 11 is 0. The molecule has 0 aromatic heterocycles. The molecule has 1 N–H and O–H groups in total. The van der Waals surface area contributed by atoms with E-state index in [0.29, 0.717) is 32.4 Å². The summed E-state index contributed by atoms with van der Waals surface area (Å²) in [6.07, 6.45) is -0.913. The largest absolute Gasteiger partial charge is 0.408 e. The van der Waals surface area contributed by atoms with Crippen molar-refractivity contribution in [3.63, 3.8) is 0 Å². The van der Waals surface area contributed by atoms with Gasteiger partial charge in [-0.15, -0.1) is 0 Å². The van der Waals surface area contributed by atoms with Crippen molar-refractivity contribution in [2.24, 2.45) is 5.92 Å². The minimum absolute atomic E-state index is 0.0984. The highest BCUT2D eigenvalue weighted by Gasteiger charge is 2.43. The highest BCUT2D eigenvalue weighted by Crippen LogP contribution is 2.26. The standard InChI is InChI=1S/C16H26F3N3O2/c1-11(2)14(16(17,18)19)20-15(24)21-8-3-5-12(7-10-21)22-9-4-6-13(22)23/h11-12,14H,3-10H2,1-2H3,(H,20,24)/t12?,14-/m0/s1. The number of nitrogens with one attached hydrogen (secondary N) is 1. The second-order valence-corrected chi connectivity index (χ2v) is 6.98. The molecule has 2 heterocycles. The molecule has 138 valence electrons. The summed E-state index contributed by atoms with van der Waals surface area (Å²) in [5, 5.41) is 2.13. The lowest BCUT2D eigenvalue weighted by Gasteiger charge is -2.29. The van der Waals surface area contributed by atoms with Gasteiger partial charge in [0.05, 0.1) is 0 Å². The summed E-state index contributed by atoms with van der Waals surface area (Å²) in [4.78, 5) is 27.4. The molecule has 0 aliphatic carbocycles. The Morgan fingerprint density at radius 3 is 2.42 bits per heavy atom. The highest BCUT2D eigenvalue weighted by atomic mass is 19.4. The fourth-order valence-corrected chi connectivity index (χ4v) is 3.50. The third kappa shape index (κ3) is 4.54. The average Bonchev–Trinajstić information content (AvgIpc) is 2.76. The maximum absolute atomic E-state index is 13.0. The molecule has 3 amide bonds. The first-order valence-corrected chi connectivity index (χ1v) is 8.61. The number of alkyl halides is 3. The van der Waals surface area contributed by atoms with Gasteiger partial charge in [-0.05, 0) is 31.6 Å². The third-order valence-electron chi connectivity index (χ3n) is 4.83. The molecule has 1 unspecified atom stereocenters. The number of carbonyl (C=O) groups is 2. The van der Waals surface area contributed by atoms with E-state index in [1.165, 1.54) is 18.7 Å². The van der Waals surface area contributed by atoms with Gasteiger partial charge in [-0.1, -0.05) is 13.8 Å². The van der Waals surface area contributed by atoms with E-state index in [2.05, 4.69) is 5.32 Å². The summed E-state index contributed by atoms with van der Waals surface area (Å²) in [5.41, 5.74) is 0. The normalized spacial score (nSPS) is 24.2. The van der Waals surface area contributed by atoms with Crippen molar-refractivity contribution in [3.8, 4) is 0 Å². The second-order valence-electron chi connectivity index (χ2n) is 6.98. The number of halogens is 3. The molecule has 2 aliphatic heterocycles. The van der Waals surface area contributed by atoms with Crippen molar-refractivity contribution in [3.05, 3.63) is 0 Å². The summed E-state index contributed by atoms with van der Waals surface area (Å²) in [6, 6.07) is -2.41. The van der Waals surface area contributed by atoms with E-state index in [1.54, 1.807) is 0 Å². The first-order valence-electron chi connectivity index (χ1n) is 8.61. The molecular formula is C16H26F3N3O2. The Labute approximate surface area is 140 Å². The molecule has 2 saturated heterocycles. The van der Waals surface area contributed by atoms with Crippen molar-refractivity contribution in [2.75, 3.05) is 19.6 Å². The van der Waals surface area contributed by atoms with E-state index in [9.17, 15) is 22.8 Å². The topological polar surface area (TPSA) is 52.7 Å². The average molecular weight is 349 g/mol. The van der Waals surface area contributed by atoms with Gasteiger partial charge in [0.1, 0.15) is 6.04 Å². The lowest BCUT2D eigenvalue weighted by Crippen LogP contribution is -2.53. The SMILES string of the molecule is CC(C)[C@H](NC(=O)N1CCCC(N2CCCC2=O)CC1)C(F)(F)F. The fourth-order valence-electron chi connectivity index (χ4n) is 3.50. The lowest BCUT2D eigenvalue weighted by molar-refractivity contribution is -0.162. The van der Waals surface area contributed by atoms with Crippen LogP contribution in [0.2, 0.25) is 0 Å². The molecule has 0 saturated carbocycles. The Kier molecular flexibility index (Phi) is 5.98. The van der Waals surface area contributed by atoms with E-state index >= 15 is 0 Å². The fraction of sp³-hybridized carbons (Fsp3) is 0.875. The van der Waals surface area contributed by atoms with E-state index in [4.69, 9.17) is 0 Å². The highest BCUT2D eigenvalue weighted by molar-refractivity contribution is 5.78. The predicted octanol–water partition coefficient (Wildman–Crippen LogP) is 2.76. The van der Waals surface area contributed by atoms with Gasteiger partial charge < -0.3 is 15.1 Å². The van der Waals surface area contributed by atoms with Crippen molar-refractivity contribution in [2.45, 2.75) is 64.2 Å². The number of nitrogens with zero attached hydrogens (tertiary/aromatic N) is 2. The Bertz CT molecular complexity index is 468. The van der Waals surface area contributed by atoms with Gasteiger partial charge >= 0.3 is 12.2 Å². The quantitative estimate of drug-likeness (QED) is 0.852. The minimum Gasteiger partial charge on any atom is -0.340 e. The van der Waals surface area contributed by atoms with Crippen molar-refractivity contribution in [1.29, 1.82) is 0 Å². The summed E-state index contributed by atoms with van der Waals surface area (Å²) in [7, 11) is 0. The second kappa shape index (κ2) is 7.61. The Morgan fingerprint density at radius 2 is 1.88 bits per heavy atom. The Balaban J connectivity index is 1.93. The van der Waals surface area contributed by atoms with Gasteiger partial charge in [0.15, 0.2) is 0 Å². The lowest BCUT2D eigenvalue weighted by atomic mass is 10.0. The van der Waals surface area contributed by atoms with Crippen LogP contribution in [0.5, 0.6) is 0 Å². The molecule has 0 bridgehead atoms. The molecule has 2 atom stereocenters. The van der Waals surface area contributed by atoms with Gasteiger partial charge in [0.2, 0.25) is 5.91 Å². The third-order valence-corrected chi connectivity index (χ3v) is 4.83. The number of carbonyl (C=O) groups excluding carboxylic acids is 2. The van der Waals surface area contributed by atoms with E-state index in [1.807, 2.05) is 4.90 Å². The van der Waals surface area contributed by atoms with Crippen LogP contribution in [-0.4, -0.2) is 59.6 Å². The number of urea groups is 1. The number of hydrogen-bond acceptors (Lipinski definition) is 2. The van der Waals surface area contributed by atoms with Crippen LogP contribution in [-0.2, 0) is 4.79 Å². The van der Waals surface area contributed by atoms with Crippen molar-refractivity contribution >= 4 is 11.9 Å². The van der Waals surface area contributed by atoms with Crippen LogP contribution >= 0.6 is 0 Å². The maximum Gasteiger partial charge on any atom is 0.408 e. The summed E-state index contributed by atoms with van der Waals surface area (Å²) < 4.78 is 39.0. The number of hydrogen-bond donors (Lipinski definition) is 1. The molecule has 2 aliphatic rings. The maximum atomic E-state index is 13.0. The van der Waals surface area contributed by atoms with Crippen molar-refractivity contribution < 1.29 is 22.8 Å². The molecule has 24 heavy (non-hydrogen) atoms. The van der Waals surface area contributed by atoms with Crippen LogP contribution in [0.3, 0.4) is 0 Å². The molecule has 0 aromatic carbocycles. The minimum atomic E-state index is -4.46. The monoisotopic (exact) mass is 349 g/mol. The van der Waals surface area contributed by atoms with E-state index < -0.39 is 24.2 Å². The van der Waals surface area contributed by atoms with Gasteiger partial charge in [-0.25, -0.2) is 4.79 Å². The zero-order chi connectivity index (χ0) is 17.9. The first kappa shape index (κ1) is 18.9. The zero-order valence-electron chi connectivity index (χ0n) is 14.2. The number of rotatable bonds is 3. The molecule has 8 heteroatoms. The van der Waals surface area contributed by atoms with Gasteiger partial charge in [0, 0.05) is 32.1 Å². The van der Waals surface area contributed by atoms with Crippen LogP contribution in [0.25, 0.3) is 0 Å². The van der Waals surface area contributed by atoms with Gasteiger partial charge in [-0.2, -0.15) is 13.2 Å². The number of amides is 3. The number of likely N-dealkylation sites (tertiary alicyclic amines) is 2. The van der Waals surface area contributed by atoms with Crippen LogP contribution in [0, 0.1) is 5.92 Å². The molecule has 2 fully saturated rings. The van der Waals surface area contributed by atoms with Gasteiger partial charge in [0.25, 0.3) is 0 Å². The molecule has 0 aromatic rings. The molecule has 2 rings (SSSR count). The summed E-state index contributed by atoms with van der Waals surface area (Å²) in [5.74, 6) is -0.578. The predicted molar refractivity (Wildman–Crippen MR) is 83.4 cm³/mol. The molecule has 0 spiro atoms. The smallest absolute Gasteiger partial charge is 0.340 e. The Hall–Kier alpha value is -1.47. The van der Waals surface area contributed by atoms with Crippen LogP contribution < -0.4 is 5.32 Å². The summed E-state index contributed by atoms with van der Waals surface area (Å²) in [6.45, 7) is 4.43. The molecule has 5 nitrogen and oxygen atoms in total.